The van der Waals surface area contributed by atoms with Crippen molar-refractivity contribution in [3.63, 3.8) is 0 Å². The zero-order valence-corrected chi connectivity index (χ0v) is 13.0. The van der Waals surface area contributed by atoms with E-state index in [4.69, 9.17) is 0 Å². The lowest BCUT2D eigenvalue weighted by Gasteiger charge is -2.03. The van der Waals surface area contributed by atoms with Gasteiger partial charge < -0.3 is 0 Å². The molecule has 0 aliphatic carbocycles. The second kappa shape index (κ2) is 5.19. The van der Waals surface area contributed by atoms with Gasteiger partial charge in [-0.2, -0.15) is 0 Å². The summed E-state index contributed by atoms with van der Waals surface area (Å²) < 4.78 is 28.5. The molecule has 0 aliphatic heterocycles. The van der Waals surface area contributed by atoms with Crippen LogP contribution >= 0.6 is 43.2 Å². The Balaban J connectivity index is 2.50. The lowest BCUT2D eigenvalue weighted by molar-refractivity contribution is 0.103. The summed E-state index contributed by atoms with van der Waals surface area (Å²) in [6, 6.07) is 4.27. The molecule has 2 aromatic rings. The second-order valence-electron chi connectivity index (χ2n) is 3.62. The molecule has 1 aromatic heterocycles. The van der Waals surface area contributed by atoms with E-state index in [1.54, 1.807) is 6.07 Å². The lowest BCUT2D eigenvalue weighted by atomic mass is 10.1. The third-order valence-corrected chi connectivity index (χ3v) is 5.64. The second-order valence-corrected chi connectivity index (χ2v) is 6.84. The molecule has 6 heteroatoms. The summed E-state index contributed by atoms with van der Waals surface area (Å²) in [5, 5.41) is 0. The summed E-state index contributed by atoms with van der Waals surface area (Å²) in [6.07, 6.45) is 0. The Kier molecular flexibility index (Phi) is 3.99. The molecule has 1 heterocycles. The van der Waals surface area contributed by atoms with Crippen LogP contribution in [0.15, 0.2) is 26.5 Å². The van der Waals surface area contributed by atoms with Gasteiger partial charge in [-0.1, -0.05) is 6.07 Å². The van der Waals surface area contributed by atoms with Gasteiger partial charge in [-0.3, -0.25) is 4.79 Å². The van der Waals surface area contributed by atoms with E-state index in [9.17, 15) is 13.6 Å². The maximum absolute atomic E-state index is 13.7. The minimum atomic E-state index is -1.10. The zero-order chi connectivity index (χ0) is 13.4. The van der Waals surface area contributed by atoms with Crippen LogP contribution in [0, 0.1) is 18.6 Å². The summed E-state index contributed by atoms with van der Waals surface area (Å²) in [5.41, 5.74) is -0.0723. The predicted octanol–water partition coefficient (Wildman–Crippen LogP) is 5.09. The largest absolute Gasteiger partial charge is 0.288 e. The number of thiophene rings is 1. The highest BCUT2D eigenvalue weighted by Crippen LogP contribution is 2.34. The first-order valence-electron chi connectivity index (χ1n) is 4.86. The van der Waals surface area contributed by atoms with Gasteiger partial charge in [0.05, 0.1) is 14.2 Å². The molecule has 0 saturated heterocycles. The first-order valence-corrected chi connectivity index (χ1v) is 7.26. The molecule has 2 rings (SSSR count). The van der Waals surface area contributed by atoms with E-state index in [1.807, 2.05) is 0 Å². The topological polar surface area (TPSA) is 17.1 Å². The van der Waals surface area contributed by atoms with Crippen molar-refractivity contribution in [3.8, 4) is 0 Å². The van der Waals surface area contributed by atoms with Crippen molar-refractivity contribution in [2.45, 2.75) is 6.92 Å². The van der Waals surface area contributed by atoms with Crippen molar-refractivity contribution >= 4 is 49.0 Å². The molecule has 0 aliphatic rings. The number of rotatable bonds is 2. The molecule has 94 valence electrons. The van der Waals surface area contributed by atoms with E-state index in [2.05, 4.69) is 31.9 Å². The van der Waals surface area contributed by atoms with Gasteiger partial charge in [-0.25, -0.2) is 8.78 Å². The minimum Gasteiger partial charge on any atom is -0.288 e. The van der Waals surface area contributed by atoms with E-state index >= 15 is 0 Å². The lowest BCUT2D eigenvalue weighted by Crippen LogP contribution is -2.05. The Morgan fingerprint density at radius 2 is 1.89 bits per heavy atom. The summed E-state index contributed by atoms with van der Waals surface area (Å²) in [5.74, 6) is -2.60. The standard InChI is InChI=1S/C12H6Br2F2OS/c1-5-2-3-6(10(16)9(5)15)11(17)8-4-7(13)12(14)18-8/h2-4H,1H3. The van der Waals surface area contributed by atoms with Crippen LogP contribution in [0.5, 0.6) is 0 Å². The van der Waals surface area contributed by atoms with Crippen LogP contribution in [-0.2, 0) is 0 Å². The summed E-state index contributed by atoms with van der Waals surface area (Å²) >= 11 is 7.67. The maximum Gasteiger partial charge on any atom is 0.206 e. The zero-order valence-electron chi connectivity index (χ0n) is 9.06. The molecule has 0 atom stereocenters. The SMILES string of the molecule is Cc1ccc(C(=O)c2cc(Br)c(Br)s2)c(F)c1F. The molecule has 0 bridgehead atoms. The van der Waals surface area contributed by atoms with Crippen LogP contribution in [0.2, 0.25) is 0 Å². The van der Waals surface area contributed by atoms with Gasteiger partial charge in [0.1, 0.15) is 0 Å². The molecule has 1 nitrogen and oxygen atoms in total. The van der Waals surface area contributed by atoms with Crippen LogP contribution in [0.1, 0.15) is 20.8 Å². The van der Waals surface area contributed by atoms with Crippen LogP contribution < -0.4 is 0 Å². The van der Waals surface area contributed by atoms with Gasteiger partial charge in [-0.05, 0) is 56.5 Å². The van der Waals surface area contributed by atoms with Gasteiger partial charge in [0.2, 0.25) is 5.78 Å². The van der Waals surface area contributed by atoms with Crippen molar-refractivity contribution in [1.82, 2.24) is 0 Å². The number of hydrogen-bond donors (Lipinski definition) is 0. The molecule has 0 fully saturated rings. The van der Waals surface area contributed by atoms with E-state index in [1.165, 1.54) is 30.4 Å². The Morgan fingerprint density at radius 3 is 2.44 bits per heavy atom. The summed E-state index contributed by atoms with van der Waals surface area (Å²) in [6.45, 7) is 1.45. The van der Waals surface area contributed by atoms with E-state index in [0.29, 0.717) is 9.35 Å². The Hall–Kier alpha value is -0.590. The van der Waals surface area contributed by atoms with Crippen molar-refractivity contribution in [1.29, 1.82) is 0 Å². The number of aryl methyl sites for hydroxylation is 1. The highest BCUT2D eigenvalue weighted by molar-refractivity contribution is 9.13. The monoisotopic (exact) mass is 394 g/mol. The summed E-state index contributed by atoms with van der Waals surface area (Å²) in [4.78, 5) is 12.4. The molecule has 0 spiro atoms. The van der Waals surface area contributed by atoms with Gasteiger partial charge in [0, 0.05) is 4.47 Å². The first-order chi connectivity index (χ1) is 8.41. The number of carbonyl (C=O) groups is 1. The smallest absolute Gasteiger partial charge is 0.206 e. The van der Waals surface area contributed by atoms with Gasteiger partial charge in [0.25, 0.3) is 0 Å². The predicted molar refractivity (Wildman–Crippen MR) is 74.2 cm³/mol. The highest BCUT2D eigenvalue weighted by atomic mass is 79.9. The summed E-state index contributed by atoms with van der Waals surface area (Å²) in [7, 11) is 0. The fraction of sp³-hybridized carbons (Fsp3) is 0.0833. The normalized spacial score (nSPS) is 10.7. The average Bonchev–Trinajstić information content (AvgIpc) is 2.66. The van der Waals surface area contributed by atoms with Gasteiger partial charge in [-0.15, -0.1) is 11.3 Å². The van der Waals surface area contributed by atoms with Crippen LogP contribution in [0.4, 0.5) is 8.78 Å². The van der Waals surface area contributed by atoms with E-state index < -0.39 is 17.4 Å². The molecule has 0 saturated carbocycles. The first kappa shape index (κ1) is 13.8. The fourth-order valence-electron chi connectivity index (χ4n) is 1.41. The van der Waals surface area contributed by atoms with Crippen LogP contribution in [0.25, 0.3) is 0 Å². The van der Waals surface area contributed by atoms with Crippen molar-refractivity contribution < 1.29 is 13.6 Å². The molecule has 18 heavy (non-hydrogen) atoms. The number of ketones is 1. The highest BCUT2D eigenvalue weighted by Gasteiger charge is 2.20. The number of benzene rings is 1. The number of halogens is 4. The Labute approximate surface area is 123 Å². The van der Waals surface area contributed by atoms with Gasteiger partial charge in [0.15, 0.2) is 11.6 Å². The van der Waals surface area contributed by atoms with E-state index in [-0.39, 0.29) is 11.1 Å². The third kappa shape index (κ3) is 2.41. The molecule has 0 N–H and O–H groups in total. The van der Waals surface area contributed by atoms with Crippen molar-refractivity contribution in [3.05, 3.63) is 54.1 Å². The average molecular weight is 396 g/mol. The minimum absolute atomic E-state index is 0.178. The number of hydrogen-bond acceptors (Lipinski definition) is 2. The number of carbonyl (C=O) groups excluding carboxylic acids is 1. The molecular formula is C12H6Br2F2OS. The Morgan fingerprint density at radius 1 is 1.22 bits per heavy atom. The maximum atomic E-state index is 13.7. The van der Waals surface area contributed by atoms with Crippen LogP contribution in [0.3, 0.4) is 0 Å². The van der Waals surface area contributed by atoms with Crippen LogP contribution in [-0.4, -0.2) is 5.78 Å². The molecule has 1 aromatic carbocycles. The van der Waals surface area contributed by atoms with Gasteiger partial charge >= 0.3 is 0 Å². The Bertz CT molecular complexity index is 618. The molecule has 0 unspecified atom stereocenters. The molecule has 0 radical (unpaired) electrons. The molecular weight excluding hydrogens is 390 g/mol. The molecule has 0 amide bonds. The quantitative estimate of drug-likeness (QED) is 0.647. The third-order valence-electron chi connectivity index (χ3n) is 2.39. The fourth-order valence-corrected chi connectivity index (χ4v) is 3.40. The van der Waals surface area contributed by atoms with E-state index in [0.717, 1.165) is 3.79 Å². The van der Waals surface area contributed by atoms with Crippen molar-refractivity contribution in [2.75, 3.05) is 0 Å². The van der Waals surface area contributed by atoms with Crippen molar-refractivity contribution in [2.24, 2.45) is 0 Å².